The maximum atomic E-state index is 11.8. The molecule has 0 saturated heterocycles. The van der Waals surface area contributed by atoms with E-state index in [2.05, 4.69) is 17.0 Å². The summed E-state index contributed by atoms with van der Waals surface area (Å²) in [4.78, 5) is 11.8. The molecule has 4 heteroatoms. The van der Waals surface area contributed by atoms with Crippen LogP contribution in [0, 0.1) is 0 Å². The smallest absolute Gasteiger partial charge is 0.254 e. The predicted molar refractivity (Wildman–Crippen MR) is 70.7 cm³/mol. The second-order valence-corrected chi connectivity index (χ2v) is 4.15. The number of carbonyl (C=O) groups excluding carboxylic acids is 1. The molecule has 92 valence electrons. The number of aromatic nitrogens is 2. The molecule has 0 radical (unpaired) electrons. The van der Waals surface area contributed by atoms with Crippen molar-refractivity contribution in [3.8, 4) is 5.69 Å². The molecule has 1 aromatic heterocycles. The third-order valence-electron chi connectivity index (χ3n) is 2.42. The SMILES string of the molecule is C=C(C)CNC(=O)c1cnn(-c2ccccc2)c1. The summed E-state index contributed by atoms with van der Waals surface area (Å²) in [5, 5.41) is 6.94. The van der Waals surface area contributed by atoms with Gasteiger partial charge < -0.3 is 5.32 Å². The third-order valence-corrected chi connectivity index (χ3v) is 2.42. The van der Waals surface area contributed by atoms with Crippen molar-refractivity contribution in [1.29, 1.82) is 0 Å². The standard InChI is InChI=1S/C14H15N3O/c1-11(2)8-15-14(18)12-9-16-17(10-12)13-6-4-3-5-7-13/h3-7,9-10H,1,8H2,2H3,(H,15,18). The Labute approximate surface area is 106 Å². The van der Waals surface area contributed by atoms with Crippen molar-refractivity contribution in [1.82, 2.24) is 15.1 Å². The molecule has 18 heavy (non-hydrogen) atoms. The number of hydrogen-bond acceptors (Lipinski definition) is 2. The average molecular weight is 241 g/mol. The molecule has 0 aliphatic heterocycles. The molecule has 0 spiro atoms. The van der Waals surface area contributed by atoms with Crippen LogP contribution in [0.15, 0.2) is 54.9 Å². The van der Waals surface area contributed by atoms with Gasteiger partial charge in [-0.25, -0.2) is 4.68 Å². The molecule has 0 saturated carbocycles. The van der Waals surface area contributed by atoms with Crippen molar-refractivity contribution >= 4 is 5.91 Å². The highest BCUT2D eigenvalue weighted by atomic mass is 16.1. The molecule has 1 amide bonds. The zero-order valence-corrected chi connectivity index (χ0v) is 10.3. The van der Waals surface area contributed by atoms with Crippen molar-refractivity contribution < 1.29 is 4.79 Å². The van der Waals surface area contributed by atoms with E-state index in [1.807, 2.05) is 37.3 Å². The summed E-state index contributed by atoms with van der Waals surface area (Å²) >= 11 is 0. The van der Waals surface area contributed by atoms with Crippen molar-refractivity contribution in [3.05, 3.63) is 60.4 Å². The van der Waals surface area contributed by atoms with E-state index in [0.29, 0.717) is 12.1 Å². The lowest BCUT2D eigenvalue weighted by molar-refractivity contribution is 0.0957. The Morgan fingerprint density at radius 1 is 1.39 bits per heavy atom. The van der Waals surface area contributed by atoms with Gasteiger partial charge in [-0.2, -0.15) is 5.10 Å². The number of hydrogen-bond donors (Lipinski definition) is 1. The molecule has 1 N–H and O–H groups in total. The summed E-state index contributed by atoms with van der Waals surface area (Å²) in [7, 11) is 0. The molecule has 0 fully saturated rings. The highest BCUT2D eigenvalue weighted by Crippen LogP contribution is 2.07. The lowest BCUT2D eigenvalue weighted by Gasteiger charge is -2.02. The van der Waals surface area contributed by atoms with Gasteiger partial charge in [-0.05, 0) is 19.1 Å². The Balaban J connectivity index is 2.11. The van der Waals surface area contributed by atoms with E-state index in [1.165, 1.54) is 0 Å². The molecule has 1 aromatic carbocycles. The number of rotatable bonds is 4. The molecule has 0 aliphatic carbocycles. The highest BCUT2D eigenvalue weighted by Gasteiger charge is 2.08. The number of para-hydroxylation sites is 1. The second-order valence-electron chi connectivity index (χ2n) is 4.15. The van der Waals surface area contributed by atoms with Crippen molar-refractivity contribution in [2.45, 2.75) is 6.92 Å². The molecule has 1 heterocycles. The van der Waals surface area contributed by atoms with Crippen LogP contribution in [0.3, 0.4) is 0 Å². The maximum Gasteiger partial charge on any atom is 0.254 e. The van der Waals surface area contributed by atoms with E-state index in [1.54, 1.807) is 17.1 Å². The second kappa shape index (κ2) is 5.31. The summed E-state index contributed by atoms with van der Waals surface area (Å²) in [5.74, 6) is -0.139. The van der Waals surface area contributed by atoms with Gasteiger partial charge in [-0.1, -0.05) is 30.4 Å². The van der Waals surface area contributed by atoms with Gasteiger partial charge >= 0.3 is 0 Å². The fourth-order valence-corrected chi connectivity index (χ4v) is 1.50. The maximum absolute atomic E-state index is 11.8. The van der Waals surface area contributed by atoms with E-state index in [4.69, 9.17) is 0 Å². The van der Waals surface area contributed by atoms with Crippen LogP contribution < -0.4 is 5.32 Å². The molecule has 4 nitrogen and oxygen atoms in total. The monoisotopic (exact) mass is 241 g/mol. The van der Waals surface area contributed by atoms with Gasteiger partial charge in [0.25, 0.3) is 5.91 Å². The van der Waals surface area contributed by atoms with Gasteiger partial charge in [0, 0.05) is 12.7 Å². The molecule has 0 atom stereocenters. The number of amides is 1. The van der Waals surface area contributed by atoms with Crippen molar-refractivity contribution in [2.75, 3.05) is 6.54 Å². The van der Waals surface area contributed by atoms with E-state index < -0.39 is 0 Å². The molecule has 2 rings (SSSR count). The van der Waals surface area contributed by atoms with Crippen LogP contribution in [0.5, 0.6) is 0 Å². The summed E-state index contributed by atoms with van der Waals surface area (Å²) < 4.78 is 1.68. The Bertz CT molecular complexity index is 557. The predicted octanol–water partition coefficient (Wildman–Crippen LogP) is 2.18. The molecular weight excluding hydrogens is 226 g/mol. The van der Waals surface area contributed by atoms with Crippen LogP contribution in [0.2, 0.25) is 0 Å². The van der Waals surface area contributed by atoms with Crippen LogP contribution in [-0.2, 0) is 0 Å². The molecule has 0 aliphatic rings. The van der Waals surface area contributed by atoms with E-state index >= 15 is 0 Å². The third kappa shape index (κ3) is 2.85. The number of benzene rings is 1. The number of carbonyl (C=O) groups is 1. The minimum absolute atomic E-state index is 0.139. The minimum atomic E-state index is -0.139. The Hall–Kier alpha value is -2.36. The Morgan fingerprint density at radius 2 is 2.11 bits per heavy atom. The number of nitrogens with zero attached hydrogens (tertiary/aromatic N) is 2. The summed E-state index contributed by atoms with van der Waals surface area (Å²) in [6, 6.07) is 9.66. The largest absolute Gasteiger partial charge is 0.348 e. The van der Waals surface area contributed by atoms with E-state index in [-0.39, 0.29) is 5.91 Å². The zero-order valence-electron chi connectivity index (χ0n) is 10.3. The summed E-state index contributed by atoms with van der Waals surface area (Å²) in [6.45, 7) is 6.09. The molecule has 2 aromatic rings. The first kappa shape index (κ1) is 12.1. The van der Waals surface area contributed by atoms with Crippen LogP contribution in [0.4, 0.5) is 0 Å². The highest BCUT2D eigenvalue weighted by molar-refractivity contribution is 5.93. The summed E-state index contributed by atoms with van der Waals surface area (Å²) in [5.41, 5.74) is 2.38. The Kier molecular flexibility index (Phi) is 3.57. The van der Waals surface area contributed by atoms with Gasteiger partial charge in [-0.15, -0.1) is 0 Å². The van der Waals surface area contributed by atoms with E-state index in [9.17, 15) is 4.79 Å². The van der Waals surface area contributed by atoms with Gasteiger partial charge in [-0.3, -0.25) is 4.79 Å². The lowest BCUT2D eigenvalue weighted by atomic mass is 10.3. The van der Waals surface area contributed by atoms with Crippen molar-refractivity contribution in [2.24, 2.45) is 0 Å². The fourth-order valence-electron chi connectivity index (χ4n) is 1.50. The van der Waals surface area contributed by atoms with Crippen LogP contribution >= 0.6 is 0 Å². The van der Waals surface area contributed by atoms with Crippen LogP contribution in [0.25, 0.3) is 5.69 Å². The molecular formula is C14H15N3O. The van der Waals surface area contributed by atoms with Crippen LogP contribution in [0.1, 0.15) is 17.3 Å². The summed E-state index contributed by atoms with van der Waals surface area (Å²) in [6.07, 6.45) is 3.27. The quantitative estimate of drug-likeness (QED) is 0.834. The number of nitrogens with one attached hydrogen (secondary N) is 1. The molecule has 0 bridgehead atoms. The fraction of sp³-hybridized carbons (Fsp3) is 0.143. The normalized spacial score (nSPS) is 10.1. The minimum Gasteiger partial charge on any atom is -0.348 e. The van der Waals surface area contributed by atoms with Crippen molar-refractivity contribution in [3.63, 3.8) is 0 Å². The van der Waals surface area contributed by atoms with Crippen LogP contribution in [-0.4, -0.2) is 22.2 Å². The first-order valence-electron chi connectivity index (χ1n) is 5.69. The average Bonchev–Trinajstić information content (AvgIpc) is 2.86. The molecule has 0 unspecified atom stereocenters. The Morgan fingerprint density at radius 3 is 2.78 bits per heavy atom. The first-order chi connectivity index (χ1) is 8.66. The van der Waals surface area contributed by atoms with E-state index in [0.717, 1.165) is 11.3 Å². The van der Waals surface area contributed by atoms with Gasteiger partial charge in [0.05, 0.1) is 17.4 Å². The van der Waals surface area contributed by atoms with Gasteiger partial charge in [0.2, 0.25) is 0 Å². The van der Waals surface area contributed by atoms with Gasteiger partial charge in [0.15, 0.2) is 0 Å². The first-order valence-corrected chi connectivity index (χ1v) is 5.69. The zero-order chi connectivity index (χ0) is 13.0. The van der Waals surface area contributed by atoms with Gasteiger partial charge in [0.1, 0.15) is 0 Å². The lowest BCUT2D eigenvalue weighted by Crippen LogP contribution is -2.24. The topological polar surface area (TPSA) is 46.9 Å².